The predicted octanol–water partition coefficient (Wildman–Crippen LogP) is 2.25. The summed E-state index contributed by atoms with van der Waals surface area (Å²) in [4.78, 5) is 24.9. The van der Waals surface area contributed by atoms with Crippen LogP contribution in [0.5, 0.6) is 0 Å². The molecule has 0 bridgehead atoms. The van der Waals surface area contributed by atoms with E-state index in [4.69, 9.17) is 4.74 Å². The molecule has 0 unspecified atom stereocenters. The van der Waals surface area contributed by atoms with Gasteiger partial charge in [-0.25, -0.2) is 4.79 Å². The Morgan fingerprint density at radius 1 is 1.41 bits per heavy atom. The second-order valence-electron chi connectivity index (χ2n) is 4.29. The lowest BCUT2D eigenvalue weighted by molar-refractivity contribution is -0.144. The highest BCUT2D eigenvalue weighted by Crippen LogP contribution is 2.16. The molecule has 1 aliphatic rings. The average Bonchev–Trinajstić information content (AvgIpc) is 2.53. The van der Waals surface area contributed by atoms with Gasteiger partial charge in [0.1, 0.15) is 5.70 Å². The molecule has 17 heavy (non-hydrogen) atoms. The number of rotatable bonds is 5. The molecule has 0 aromatic rings. The lowest BCUT2D eigenvalue weighted by Crippen LogP contribution is -2.33. The third-order valence-corrected chi connectivity index (χ3v) is 2.87. The van der Waals surface area contributed by atoms with Crippen LogP contribution in [-0.4, -0.2) is 29.9 Å². The lowest BCUT2D eigenvalue weighted by atomic mass is 10.2. The smallest absolute Gasteiger partial charge is 0.354 e. The summed E-state index contributed by atoms with van der Waals surface area (Å²) in [5.41, 5.74) is 0.188. The summed E-state index contributed by atoms with van der Waals surface area (Å²) >= 11 is 0. The van der Waals surface area contributed by atoms with E-state index in [1.165, 1.54) is 4.90 Å². The second-order valence-corrected chi connectivity index (χ2v) is 4.29. The van der Waals surface area contributed by atoms with Crippen molar-refractivity contribution in [3.63, 3.8) is 0 Å². The number of nitrogens with zero attached hydrogens (tertiary/aromatic N) is 1. The number of likely N-dealkylation sites (tertiary alicyclic amines) is 1. The molecule has 0 aliphatic carbocycles. The van der Waals surface area contributed by atoms with Crippen LogP contribution < -0.4 is 0 Å². The van der Waals surface area contributed by atoms with Crippen molar-refractivity contribution in [3.8, 4) is 0 Å². The molecule has 1 rings (SSSR count). The van der Waals surface area contributed by atoms with Crippen molar-refractivity contribution in [2.75, 3.05) is 13.2 Å². The lowest BCUT2D eigenvalue weighted by Gasteiger charge is -2.21. The molecule has 1 fully saturated rings. The fraction of sp³-hybridized carbons (Fsp3) is 0.692. The Labute approximate surface area is 103 Å². The molecular weight excluding hydrogens is 218 g/mol. The normalized spacial score (nSPS) is 16.5. The van der Waals surface area contributed by atoms with E-state index in [9.17, 15) is 9.59 Å². The molecule has 0 aromatic heterocycles. The average molecular weight is 239 g/mol. The van der Waals surface area contributed by atoms with Gasteiger partial charge in [-0.2, -0.15) is 0 Å². The van der Waals surface area contributed by atoms with Gasteiger partial charge in [-0.05, 0) is 19.3 Å². The van der Waals surface area contributed by atoms with Gasteiger partial charge in [-0.1, -0.05) is 26.3 Å². The van der Waals surface area contributed by atoms with Gasteiger partial charge in [0.25, 0.3) is 0 Å². The van der Waals surface area contributed by atoms with Crippen LogP contribution in [0.1, 0.15) is 45.4 Å². The number of unbranched alkanes of at least 4 members (excludes halogenated alkanes) is 1. The minimum atomic E-state index is -0.464. The van der Waals surface area contributed by atoms with Crippen molar-refractivity contribution in [2.24, 2.45) is 0 Å². The zero-order valence-electron chi connectivity index (χ0n) is 10.5. The zero-order chi connectivity index (χ0) is 12.7. The van der Waals surface area contributed by atoms with E-state index < -0.39 is 5.97 Å². The van der Waals surface area contributed by atoms with E-state index in [0.717, 1.165) is 32.1 Å². The number of carbonyl (C=O) groups is 2. The first kappa shape index (κ1) is 13.7. The van der Waals surface area contributed by atoms with Gasteiger partial charge in [0.05, 0.1) is 6.61 Å². The largest absolute Gasteiger partial charge is 0.461 e. The Balaban J connectivity index is 2.48. The maximum absolute atomic E-state index is 11.7. The maximum Gasteiger partial charge on any atom is 0.354 e. The number of amides is 1. The monoisotopic (exact) mass is 239 g/mol. The van der Waals surface area contributed by atoms with Crippen molar-refractivity contribution in [2.45, 2.75) is 45.4 Å². The van der Waals surface area contributed by atoms with Crippen LogP contribution in [0.3, 0.4) is 0 Å². The Bertz CT molecular complexity index is 299. The molecule has 96 valence electrons. The van der Waals surface area contributed by atoms with Gasteiger partial charge in [-0.15, -0.1) is 0 Å². The Morgan fingerprint density at radius 2 is 2.18 bits per heavy atom. The van der Waals surface area contributed by atoms with Crippen LogP contribution in [-0.2, 0) is 14.3 Å². The number of carbonyl (C=O) groups excluding carboxylic acids is 2. The van der Waals surface area contributed by atoms with Crippen LogP contribution >= 0.6 is 0 Å². The van der Waals surface area contributed by atoms with Gasteiger partial charge >= 0.3 is 5.97 Å². The molecule has 0 aromatic carbocycles. The molecule has 1 amide bonds. The molecule has 1 aliphatic heterocycles. The molecule has 4 nitrogen and oxygen atoms in total. The van der Waals surface area contributed by atoms with Gasteiger partial charge < -0.3 is 9.64 Å². The molecular formula is C13H21NO3. The van der Waals surface area contributed by atoms with E-state index in [0.29, 0.717) is 19.6 Å². The molecule has 1 saturated heterocycles. The third kappa shape index (κ3) is 4.21. The highest BCUT2D eigenvalue weighted by Gasteiger charge is 2.23. The fourth-order valence-electron chi connectivity index (χ4n) is 1.77. The number of hydrogen-bond acceptors (Lipinski definition) is 3. The van der Waals surface area contributed by atoms with Crippen molar-refractivity contribution in [3.05, 3.63) is 12.3 Å². The molecule has 0 atom stereocenters. The molecule has 0 saturated carbocycles. The van der Waals surface area contributed by atoms with Crippen LogP contribution in [0.4, 0.5) is 0 Å². The van der Waals surface area contributed by atoms with E-state index in [1.54, 1.807) is 0 Å². The van der Waals surface area contributed by atoms with E-state index in [-0.39, 0.29) is 11.6 Å². The number of hydrogen-bond donors (Lipinski definition) is 0. The van der Waals surface area contributed by atoms with Crippen LogP contribution in [0.15, 0.2) is 12.3 Å². The van der Waals surface area contributed by atoms with Crippen LogP contribution in [0.2, 0.25) is 0 Å². The van der Waals surface area contributed by atoms with Crippen molar-refractivity contribution < 1.29 is 14.3 Å². The summed E-state index contributed by atoms with van der Waals surface area (Å²) in [7, 11) is 0. The summed E-state index contributed by atoms with van der Waals surface area (Å²) in [6, 6.07) is 0. The topological polar surface area (TPSA) is 46.6 Å². The zero-order valence-corrected chi connectivity index (χ0v) is 10.5. The SMILES string of the molecule is C=C(C(=O)OCCCC)N1CCCCCC1=O. The van der Waals surface area contributed by atoms with Gasteiger partial charge in [0.2, 0.25) is 5.91 Å². The van der Waals surface area contributed by atoms with Gasteiger partial charge in [0.15, 0.2) is 0 Å². The summed E-state index contributed by atoms with van der Waals surface area (Å²) < 4.78 is 5.05. The second kappa shape index (κ2) is 7.09. The summed E-state index contributed by atoms with van der Waals surface area (Å²) in [5.74, 6) is -0.478. The standard InChI is InChI=1S/C13H21NO3/c1-3-4-10-17-13(16)11(2)14-9-7-5-6-8-12(14)15/h2-10H2,1H3. The van der Waals surface area contributed by atoms with Gasteiger partial charge in [0, 0.05) is 13.0 Å². The van der Waals surface area contributed by atoms with Crippen molar-refractivity contribution in [1.29, 1.82) is 0 Å². The first-order valence-electron chi connectivity index (χ1n) is 6.33. The quantitative estimate of drug-likeness (QED) is 0.420. The Hall–Kier alpha value is -1.32. The maximum atomic E-state index is 11.7. The van der Waals surface area contributed by atoms with Crippen LogP contribution in [0, 0.1) is 0 Å². The van der Waals surface area contributed by atoms with Crippen molar-refractivity contribution in [1.82, 2.24) is 4.90 Å². The van der Waals surface area contributed by atoms with Crippen LogP contribution in [0.25, 0.3) is 0 Å². The first-order chi connectivity index (χ1) is 8.16. The molecule has 4 heteroatoms. The Kier molecular flexibility index (Phi) is 5.73. The van der Waals surface area contributed by atoms with Crippen molar-refractivity contribution >= 4 is 11.9 Å². The van der Waals surface area contributed by atoms with Gasteiger partial charge in [-0.3, -0.25) is 4.79 Å². The number of esters is 1. The highest BCUT2D eigenvalue weighted by molar-refractivity contribution is 5.93. The molecule has 1 heterocycles. The predicted molar refractivity (Wildman–Crippen MR) is 65.2 cm³/mol. The Morgan fingerprint density at radius 3 is 2.88 bits per heavy atom. The summed E-state index contributed by atoms with van der Waals surface area (Å²) in [5, 5.41) is 0. The summed E-state index contributed by atoms with van der Waals surface area (Å²) in [6.07, 6.45) is 5.16. The van der Waals surface area contributed by atoms with E-state index in [1.807, 2.05) is 6.92 Å². The minimum Gasteiger partial charge on any atom is -0.461 e. The van der Waals surface area contributed by atoms with E-state index >= 15 is 0 Å². The molecule has 0 spiro atoms. The minimum absolute atomic E-state index is 0.0139. The fourth-order valence-corrected chi connectivity index (χ4v) is 1.77. The molecule has 0 radical (unpaired) electrons. The first-order valence-corrected chi connectivity index (χ1v) is 6.33. The highest BCUT2D eigenvalue weighted by atomic mass is 16.5. The summed E-state index contributed by atoms with van der Waals surface area (Å²) in [6.45, 7) is 6.69. The third-order valence-electron chi connectivity index (χ3n) is 2.87. The van der Waals surface area contributed by atoms with E-state index in [2.05, 4.69) is 6.58 Å². The number of ether oxygens (including phenoxy) is 1. The molecule has 0 N–H and O–H groups in total.